The van der Waals surface area contributed by atoms with Crippen molar-refractivity contribution in [2.45, 2.75) is 52.7 Å². The van der Waals surface area contributed by atoms with Crippen LogP contribution in [0.3, 0.4) is 0 Å². The van der Waals surface area contributed by atoms with E-state index in [0.717, 1.165) is 11.1 Å². The Bertz CT molecular complexity index is 722. The maximum Gasteiger partial charge on any atom is 0.407 e. The summed E-state index contributed by atoms with van der Waals surface area (Å²) in [5, 5.41) is 5.66. The van der Waals surface area contributed by atoms with Crippen molar-refractivity contribution in [3.05, 3.63) is 29.3 Å². The SMILES string of the molecule is CCOC(=O)CCCOc1cc(C#CSI)ccc1CNC(=O)OC(C)(C)C. The second-order valence-corrected chi connectivity index (χ2v) is 8.42. The Labute approximate surface area is 183 Å². The summed E-state index contributed by atoms with van der Waals surface area (Å²) in [5.74, 6) is 3.40. The molecule has 0 atom stereocenters. The fraction of sp³-hybridized carbons (Fsp3) is 0.500. The number of carbonyl (C=O) groups is 2. The predicted molar refractivity (Wildman–Crippen MR) is 119 cm³/mol. The van der Waals surface area contributed by atoms with E-state index in [0.29, 0.717) is 31.8 Å². The van der Waals surface area contributed by atoms with Gasteiger partial charge in [-0.2, -0.15) is 0 Å². The molecular formula is C20H26INO5S. The molecule has 8 heteroatoms. The Balaban J connectivity index is 2.75. The lowest BCUT2D eigenvalue weighted by atomic mass is 10.1. The Kier molecular flexibility index (Phi) is 11.2. The number of hydrogen-bond donors (Lipinski definition) is 1. The van der Waals surface area contributed by atoms with E-state index in [1.807, 2.05) is 39.0 Å². The molecule has 0 bridgehead atoms. The number of esters is 1. The molecule has 1 aromatic rings. The summed E-state index contributed by atoms with van der Waals surface area (Å²) in [6.45, 7) is 8.19. The summed E-state index contributed by atoms with van der Waals surface area (Å²) in [5.41, 5.74) is 1.05. The molecule has 6 nitrogen and oxygen atoms in total. The standard InChI is InChI=1S/C20H26INO5S/c1-5-25-18(23)7-6-11-26-17-13-15(10-12-28-21)8-9-16(17)14-22-19(24)27-20(2,3)4/h8-9,13H,5-7,11,14H2,1-4H3,(H,22,24). The molecule has 0 saturated heterocycles. The van der Waals surface area contributed by atoms with Crippen LogP contribution in [0.25, 0.3) is 0 Å². The summed E-state index contributed by atoms with van der Waals surface area (Å²) in [6, 6.07) is 5.56. The van der Waals surface area contributed by atoms with Crippen LogP contribution in [0.2, 0.25) is 0 Å². The van der Waals surface area contributed by atoms with Gasteiger partial charge in [-0.05, 0) is 60.4 Å². The molecule has 0 spiro atoms. The molecule has 154 valence electrons. The van der Waals surface area contributed by atoms with E-state index in [9.17, 15) is 9.59 Å². The Morgan fingerprint density at radius 1 is 1.29 bits per heavy atom. The summed E-state index contributed by atoms with van der Waals surface area (Å²) in [6.07, 6.45) is 0.340. The average molecular weight is 519 g/mol. The second-order valence-electron chi connectivity index (χ2n) is 6.74. The molecule has 0 saturated carbocycles. The fourth-order valence-corrected chi connectivity index (χ4v) is 2.59. The van der Waals surface area contributed by atoms with Crippen LogP contribution in [-0.2, 0) is 20.8 Å². The number of hydrogen-bond acceptors (Lipinski definition) is 6. The van der Waals surface area contributed by atoms with Gasteiger partial charge >= 0.3 is 12.1 Å². The van der Waals surface area contributed by atoms with E-state index in [1.165, 1.54) is 8.93 Å². The number of carbonyl (C=O) groups excluding carboxylic acids is 2. The third kappa shape index (κ3) is 10.7. The van der Waals surface area contributed by atoms with Crippen molar-refractivity contribution in [3.63, 3.8) is 0 Å². The van der Waals surface area contributed by atoms with Crippen molar-refractivity contribution in [1.29, 1.82) is 0 Å². The average Bonchev–Trinajstić information content (AvgIpc) is 2.61. The molecule has 1 rings (SSSR count). The molecule has 0 aliphatic carbocycles. The van der Waals surface area contributed by atoms with Crippen LogP contribution in [0, 0.1) is 11.2 Å². The number of halogens is 1. The molecular weight excluding hydrogens is 493 g/mol. The maximum absolute atomic E-state index is 11.9. The lowest BCUT2D eigenvalue weighted by Crippen LogP contribution is -2.32. The number of benzene rings is 1. The lowest BCUT2D eigenvalue weighted by molar-refractivity contribution is -0.143. The zero-order chi connectivity index (χ0) is 21.0. The van der Waals surface area contributed by atoms with E-state index < -0.39 is 11.7 Å². The molecule has 0 unspecified atom stereocenters. The van der Waals surface area contributed by atoms with Crippen LogP contribution in [0.1, 0.15) is 51.7 Å². The van der Waals surface area contributed by atoms with Gasteiger partial charge in [-0.25, -0.2) is 4.79 Å². The van der Waals surface area contributed by atoms with Crippen LogP contribution in [0.4, 0.5) is 4.79 Å². The molecule has 0 aromatic heterocycles. The van der Waals surface area contributed by atoms with Crippen LogP contribution in [0.5, 0.6) is 5.75 Å². The summed E-state index contributed by atoms with van der Waals surface area (Å²) in [4.78, 5) is 23.3. The first-order chi connectivity index (χ1) is 13.2. The fourth-order valence-electron chi connectivity index (χ4n) is 2.10. The zero-order valence-corrected chi connectivity index (χ0v) is 19.6. The lowest BCUT2D eigenvalue weighted by Gasteiger charge is -2.20. The summed E-state index contributed by atoms with van der Waals surface area (Å²) in [7, 11) is 1.40. The van der Waals surface area contributed by atoms with E-state index in [1.54, 1.807) is 6.92 Å². The molecule has 1 aromatic carbocycles. The van der Waals surface area contributed by atoms with Gasteiger partial charge in [-0.3, -0.25) is 4.79 Å². The van der Waals surface area contributed by atoms with Gasteiger partial charge in [0.2, 0.25) is 0 Å². The van der Waals surface area contributed by atoms with E-state index in [2.05, 4.69) is 37.7 Å². The zero-order valence-electron chi connectivity index (χ0n) is 16.6. The van der Waals surface area contributed by atoms with Gasteiger partial charge in [-0.1, -0.05) is 12.0 Å². The Morgan fingerprint density at radius 2 is 2.04 bits per heavy atom. The van der Waals surface area contributed by atoms with Gasteiger partial charge < -0.3 is 19.5 Å². The van der Waals surface area contributed by atoms with Crippen LogP contribution in [-0.4, -0.2) is 30.9 Å². The van der Waals surface area contributed by atoms with Crippen molar-refractivity contribution >= 4 is 42.2 Å². The monoisotopic (exact) mass is 519 g/mol. The van der Waals surface area contributed by atoms with Crippen molar-refractivity contribution < 1.29 is 23.8 Å². The Hall–Kier alpha value is -1.60. The van der Waals surface area contributed by atoms with Crippen LogP contribution < -0.4 is 10.1 Å². The van der Waals surface area contributed by atoms with Crippen molar-refractivity contribution in [2.75, 3.05) is 13.2 Å². The highest BCUT2D eigenvalue weighted by Crippen LogP contribution is 2.21. The minimum atomic E-state index is -0.562. The minimum Gasteiger partial charge on any atom is -0.493 e. The molecule has 0 aliphatic heterocycles. The Morgan fingerprint density at radius 3 is 2.68 bits per heavy atom. The maximum atomic E-state index is 11.9. The number of amides is 1. The van der Waals surface area contributed by atoms with Gasteiger partial charge in [0.25, 0.3) is 0 Å². The van der Waals surface area contributed by atoms with Crippen LogP contribution >= 0.6 is 30.1 Å². The van der Waals surface area contributed by atoms with Gasteiger partial charge in [0.1, 0.15) is 11.4 Å². The van der Waals surface area contributed by atoms with Gasteiger partial charge in [0.05, 0.1) is 13.2 Å². The largest absolute Gasteiger partial charge is 0.493 e. The molecule has 28 heavy (non-hydrogen) atoms. The first-order valence-electron chi connectivity index (χ1n) is 8.92. The molecule has 1 amide bonds. The quantitative estimate of drug-likeness (QED) is 0.230. The summed E-state index contributed by atoms with van der Waals surface area (Å²) < 4.78 is 16.0. The topological polar surface area (TPSA) is 73.9 Å². The van der Waals surface area contributed by atoms with Gasteiger partial charge in [-0.15, -0.1) is 0 Å². The van der Waals surface area contributed by atoms with Gasteiger partial charge in [0.15, 0.2) is 0 Å². The third-order valence-corrected chi connectivity index (χ3v) is 4.05. The number of rotatable bonds is 8. The molecule has 0 fully saturated rings. The summed E-state index contributed by atoms with van der Waals surface area (Å²) >= 11 is 2.11. The van der Waals surface area contributed by atoms with E-state index in [4.69, 9.17) is 14.2 Å². The molecule has 0 heterocycles. The number of ether oxygens (including phenoxy) is 3. The number of nitrogens with one attached hydrogen (secondary N) is 1. The first kappa shape index (κ1) is 24.4. The molecule has 0 aliphatic rings. The van der Waals surface area contributed by atoms with E-state index in [-0.39, 0.29) is 12.5 Å². The highest BCUT2D eigenvalue weighted by molar-refractivity contribution is 14.2. The second kappa shape index (κ2) is 12.8. The predicted octanol–water partition coefficient (Wildman–Crippen LogP) is 4.83. The van der Waals surface area contributed by atoms with Crippen molar-refractivity contribution in [1.82, 2.24) is 5.32 Å². The molecule has 0 radical (unpaired) electrons. The minimum absolute atomic E-state index is 0.239. The van der Waals surface area contributed by atoms with Crippen LogP contribution in [0.15, 0.2) is 18.2 Å². The highest BCUT2D eigenvalue weighted by atomic mass is 127. The smallest absolute Gasteiger partial charge is 0.407 e. The number of alkyl carbamates (subject to hydrolysis) is 1. The van der Waals surface area contributed by atoms with Gasteiger partial charge in [0, 0.05) is 45.3 Å². The first-order valence-corrected chi connectivity index (χ1v) is 12.3. The van der Waals surface area contributed by atoms with Crippen molar-refractivity contribution in [2.24, 2.45) is 0 Å². The van der Waals surface area contributed by atoms with E-state index >= 15 is 0 Å². The normalized spacial score (nSPS) is 10.5. The third-order valence-electron chi connectivity index (χ3n) is 3.21. The van der Waals surface area contributed by atoms with Crippen molar-refractivity contribution in [3.8, 4) is 16.9 Å². The highest BCUT2D eigenvalue weighted by Gasteiger charge is 2.16. The molecule has 1 N–H and O–H groups in total.